The van der Waals surface area contributed by atoms with Crippen LogP contribution >= 0.6 is 0 Å². The van der Waals surface area contributed by atoms with Crippen molar-refractivity contribution in [2.45, 2.75) is 327 Å². The molecule has 0 spiro atoms. The molecule has 16 atom stereocenters. The van der Waals surface area contributed by atoms with Crippen LogP contribution < -0.4 is 119 Å². The first-order valence-electron chi connectivity index (χ1n) is 46.8. The van der Waals surface area contributed by atoms with Gasteiger partial charge in [0.15, 0.2) is 11.9 Å². The first kappa shape index (κ1) is 118. The summed E-state index contributed by atoms with van der Waals surface area (Å²) in [5.41, 5.74) is 19.8. The van der Waals surface area contributed by atoms with Crippen LogP contribution in [0.25, 0.3) is 0 Å². The molecular formula is C92H150N24O21. The second-order valence-corrected chi connectivity index (χ2v) is 36.2. The average Bonchev–Trinajstić information content (AvgIpc) is 0.972. The highest BCUT2D eigenvalue weighted by Crippen LogP contribution is 2.23. The molecule has 1 aliphatic heterocycles. The number of amides is 17. The summed E-state index contributed by atoms with van der Waals surface area (Å²) < 4.78 is 0. The number of carbonyl (C=O) groups excluding carboxylic acids is 17. The lowest BCUT2D eigenvalue weighted by atomic mass is 9.90. The van der Waals surface area contributed by atoms with Crippen molar-refractivity contribution >= 4 is 118 Å². The lowest BCUT2D eigenvalue weighted by Gasteiger charge is -2.34. The summed E-state index contributed by atoms with van der Waals surface area (Å²) in [5, 5.41) is 94.2. The Kier molecular flexibility index (Phi) is 52.0. The quantitative estimate of drug-likeness (QED) is 0.0143. The number of carboxylic acids is 1. The van der Waals surface area contributed by atoms with E-state index >= 15 is 4.79 Å². The van der Waals surface area contributed by atoms with Gasteiger partial charge in [-0.2, -0.15) is 0 Å². The van der Waals surface area contributed by atoms with E-state index in [1.54, 1.807) is 70.2 Å². The number of aromatic hydroxyl groups is 1. The predicted octanol–water partition coefficient (Wildman–Crippen LogP) is -2.36. The minimum Gasteiger partial charge on any atom is -0.508 e. The molecule has 0 aliphatic carbocycles. The number of nitrogens with one attached hydrogen (secondary N) is 20. The van der Waals surface area contributed by atoms with E-state index < -0.39 is 233 Å². The molecule has 1 heterocycles. The van der Waals surface area contributed by atoms with E-state index in [-0.39, 0.29) is 146 Å². The summed E-state index contributed by atoms with van der Waals surface area (Å²) in [6, 6.07) is -5.04. The van der Waals surface area contributed by atoms with Crippen LogP contribution in [0, 0.1) is 28.6 Å². The third-order valence-corrected chi connectivity index (χ3v) is 22.7. The third-order valence-electron chi connectivity index (χ3n) is 22.7. The fraction of sp³-hybridized carbons (Fsp3) is 0.630. The number of carbonyl (C=O) groups is 18. The molecule has 2 aromatic carbocycles. The van der Waals surface area contributed by atoms with Crippen LogP contribution in [-0.2, 0) is 99.1 Å². The number of phenols is 1. The Morgan fingerprint density at radius 3 is 1.54 bits per heavy atom. The number of aliphatic hydroxyl groups is 1. The van der Waals surface area contributed by atoms with Gasteiger partial charge in [-0.3, -0.25) is 97.1 Å². The zero-order valence-corrected chi connectivity index (χ0v) is 81.1. The van der Waals surface area contributed by atoms with Crippen molar-refractivity contribution in [2.24, 2.45) is 40.7 Å². The summed E-state index contributed by atoms with van der Waals surface area (Å²) in [4.78, 5) is 254. The van der Waals surface area contributed by atoms with E-state index in [0.29, 0.717) is 36.8 Å². The Morgan fingerprint density at radius 2 is 1.02 bits per heavy atom. The fourth-order valence-electron chi connectivity index (χ4n) is 14.6. The van der Waals surface area contributed by atoms with Crippen molar-refractivity contribution in [2.75, 3.05) is 26.2 Å². The minimum atomic E-state index is -2.01. The van der Waals surface area contributed by atoms with Gasteiger partial charge in [0.1, 0.15) is 95.4 Å². The van der Waals surface area contributed by atoms with E-state index in [1.165, 1.54) is 72.7 Å². The number of rotatable bonds is 52. The molecule has 45 heteroatoms. The number of hydrogen-bond donors (Lipinski definition) is 27. The van der Waals surface area contributed by atoms with Gasteiger partial charge < -0.3 is 134 Å². The van der Waals surface area contributed by atoms with Gasteiger partial charge in [0, 0.05) is 52.2 Å². The Hall–Kier alpha value is -13.1. The highest BCUT2D eigenvalue weighted by molar-refractivity contribution is 6.02. The molecule has 2 aromatic rings. The van der Waals surface area contributed by atoms with Crippen LogP contribution in [-0.4, -0.2) is 256 Å². The van der Waals surface area contributed by atoms with Crippen molar-refractivity contribution < 1.29 is 102 Å². The number of carboxylic acid groups (broad SMARTS) is 1. The molecule has 17 amide bonds. The van der Waals surface area contributed by atoms with Gasteiger partial charge in [-0.15, -0.1) is 0 Å². The molecule has 0 saturated heterocycles. The molecule has 45 nitrogen and oxygen atoms in total. The molecule has 31 N–H and O–H groups in total. The molecule has 0 fully saturated rings. The van der Waals surface area contributed by atoms with Gasteiger partial charge in [-0.1, -0.05) is 116 Å². The molecule has 764 valence electrons. The van der Waals surface area contributed by atoms with Crippen LogP contribution in [0.2, 0.25) is 0 Å². The molecule has 137 heavy (non-hydrogen) atoms. The van der Waals surface area contributed by atoms with Gasteiger partial charge >= 0.3 is 5.97 Å². The summed E-state index contributed by atoms with van der Waals surface area (Å²) in [6.45, 7) is 19.7. The monoisotopic (exact) mass is 1930 g/mol. The number of allylic oxidation sites excluding steroid dienone is 2. The van der Waals surface area contributed by atoms with Crippen molar-refractivity contribution in [3.8, 4) is 5.75 Å². The maximum atomic E-state index is 15.1. The Bertz CT molecular complexity index is 4430. The zero-order chi connectivity index (χ0) is 103. The Labute approximate surface area is 800 Å². The van der Waals surface area contributed by atoms with Crippen LogP contribution in [0.15, 0.2) is 66.7 Å². The van der Waals surface area contributed by atoms with E-state index in [2.05, 4.69) is 95.7 Å². The van der Waals surface area contributed by atoms with Crippen LogP contribution in [0.4, 0.5) is 0 Å². The molecule has 0 radical (unpaired) electrons. The maximum absolute atomic E-state index is 15.1. The minimum absolute atomic E-state index is 0.00719. The highest BCUT2D eigenvalue weighted by Gasteiger charge is 2.44. The maximum Gasteiger partial charge on any atom is 0.303 e. The first-order valence-corrected chi connectivity index (χ1v) is 46.8. The van der Waals surface area contributed by atoms with Crippen molar-refractivity contribution in [3.05, 3.63) is 77.9 Å². The van der Waals surface area contributed by atoms with Gasteiger partial charge in [-0.05, 0) is 185 Å². The van der Waals surface area contributed by atoms with Crippen LogP contribution in [0.3, 0.4) is 0 Å². The summed E-state index contributed by atoms with van der Waals surface area (Å²) in [7, 11) is 0. The number of unbranched alkanes of at least 4 members (excludes halogenated alkanes) is 2. The second kappa shape index (κ2) is 60.4. The molecule has 0 saturated carbocycles. The second-order valence-electron chi connectivity index (χ2n) is 36.2. The van der Waals surface area contributed by atoms with E-state index in [9.17, 15) is 96.8 Å². The Balaban J connectivity index is 2.05. The molecule has 1 aliphatic rings. The van der Waals surface area contributed by atoms with Crippen LogP contribution in [0.5, 0.6) is 5.75 Å². The Morgan fingerprint density at radius 1 is 0.518 bits per heavy atom. The van der Waals surface area contributed by atoms with Gasteiger partial charge in [0.25, 0.3) is 0 Å². The number of aliphatic carboxylic acids is 1. The number of benzene rings is 2. The number of phenolic OH excluding ortho intramolecular Hbond substituents is 1. The van der Waals surface area contributed by atoms with E-state index in [1.807, 2.05) is 6.92 Å². The highest BCUT2D eigenvalue weighted by atomic mass is 16.4. The number of hydrogen-bond acceptors (Lipinski definition) is 23. The van der Waals surface area contributed by atoms with Gasteiger partial charge in [0.05, 0.1) is 6.10 Å². The zero-order valence-electron chi connectivity index (χ0n) is 81.1. The largest absolute Gasteiger partial charge is 0.508 e. The first-order chi connectivity index (χ1) is 64.4. The summed E-state index contributed by atoms with van der Waals surface area (Å²) in [6.07, 6.45) is 1.97. The van der Waals surface area contributed by atoms with Gasteiger partial charge in [0.2, 0.25) is 100 Å². The normalized spacial score (nSPS) is 19.4. The fourth-order valence-corrected chi connectivity index (χ4v) is 14.6. The molecular weight excluding hydrogens is 1780 g/mol. The number of aliphatic hydroxyl groups excluding tert-OH is 1. The third kappa shape index (κ3) is 44.1. The smallest absolute Gasteiger partial charge is 0.303 e. The summed E-state index contributed by atoms with van der Waals surface area (Å²) in [5.74, 6) is -18.8. The number of primary amides is 1. The van der Waals surface area contributed by atoms with Crippen molar-refractivity contribution in [1.29, 1.82) is 10.8 Å². The van der Waals surface area contributed by atoms with E-state index in [4.69, 9.17) is 33.8 Å². The number of guanidine groups is 2. The lowest BCUT2D eigenvalue weighted by Crippen LogP contribution is -2.66. The molecule has 0 aromatic heterocycles. The van der Waals surface area contributed by atoms with E-state index in [0.717, 1.165) is 6.92 Å². The topological polar surface area (TPSA) is 736 Å². The van der Waals surface area contributed by atoms with Crippen molar-refractivity contribution in [1.82, 2.24) is 95.7 Å². The predicted molar refractivity (Wildman–Crippen MR) is 509 cm³/mol. The SMILES string of the molecule is CCCC[C@H](NC(=O)[C@H](CCC(=O)O)NC(=O)[C@H](CCCNC(=N)N)NC(=O)[C@H](Cc1ccc(O)cc1)NC(=O)[C@H](CCCCN)NC(=O)[C@H](C)NC(=O)[C@@H](NC(=O)[C@@H](NC(=O)[C@]1(C)CCC/C=C\CCC[C@](C)(NC(=O)[C@H](Cc2ccccc2)NC(=O)CCNC(C)=O)C(=O)N[C@@H](C(C)C)C(=O)N[C@@H](C)C(=O)N[C@@H](CCCNC(=N)N)C(=O)N1)[C@@H](C)O)C(C)C)C(=O)N[C@@H](CC(C)C)C(N)=O. The summed E-state index contributed by atoms with van der Waals surface area (Å²) >= 11 is 0. The average molecular weight is 1930 g/mol. The molecule has 0 unspecified atom stereocenters. The molecule has 3 rings (SSSR count). The standard InChI is InChI=1S/C92H150N24O21/c1-14-15-31-61(78(127)110-66(74(94)123)48-51(2)3)107-80(129)65(39-40-70(121)122)109-77(126)63(33-27-45-100-89(95)96)108-81(130)67(50-59-35-37-60(119)38-36-59)111-79(128)62(32-23-26-44-93)105-75(124)54(8)102-84(133)71(52(4)5)112-86(135)73(56(10)117)114-88(137)92(13)43-25-19-17-16-18-24-42-91(12,116-83(132)68(49-58-29-21-20-22-30-58)104-69(120)41-47-99-57(11)118)87(136)113-72(53(6)7)85(134)103-55(9)76(125)106-64(82(131)115-92)34-28-46-101-90(97)98/h16-17,20-22,29-30,35-38,51-56,61-68,71-73,117,119H,14-15,18-19,23-28,31-34,39-50,93H2,1-13H3,(H2,94,123)(H,99,118)(H,102,133)(H,103,134)(H,104,120)(H,105,124)(H,106,125)(H,107,129)(H,108,130)(H,109,126)(H,110,127)(H,111,128)(H,112,135)(H,113,136)(H,114,137)(H,115,131)(H,116,132)(H,121,122)(H4,95,96,100)(H4,97,98,101)/b17-16-/t54-,55-,56+,61-,62-,63-,64-,65-,66-,67-,68-,71-,72-,73-,91-,92-/m0/s1. The van der Waals surface area contributed by atoms with Gasteiger partial charge in [-0.25, -0.2) is 0 Å². The molecule has 0 bridgehead atoms. The van der Waals surface area contributed by atoms with Crippen molar-refractivity contribution in [3.63, 3.8) is 0 Å². The van der Waals surface area contributed by atoms with Crippen LogP contribution in [0.1, 0.15) is 230 Å². The number of nitrogens with two attached hydrogens (primary N) is 4. The lowest BCUT2D eigenvalue weighted by molar-refractivity contribution is -0.140.